The van der Waals surface area contributed by atoms with Gasteiger partial charge in [-0.2, -0.15) is 5.10 Å². The molecule has 5 nitrogen and oxygen atoms in total. The van der Waals surface area contributed by atoms with Crippen LogP contribution >= 0.6 is 0 Å². The van der Waals surface area contributed by atoms with Crippen LogP contribution in [0.5, 0.6) is 0 Å². The van der Waals surface area contributed by atoms with Gasteiger partial charge in [-0.3, -0.25) is 9.89 Å². The Hall–Kier alpha value is -2.14. The summed E-state index contributed by atoms with van der Waals surface area (Å²) in [5.74, 6) is -0.256. The van der Waals surface area contributed by atoms with Crippen molar-refractivity contribution < 1.29 is 9.90 Å². The number of hydrogen-bond donors (Lipinski definition) is 3. The molecule has 2 aromatic rings. The second-order valence-electron chi connectivity index (χ2n) is 3.62. The number of rotatable bonds is 4. The maximum Gasteiger partial charge on any atom is 0.254 e. The third-order valence-corrected chi connectivity index (χ3v) is 2.40. The van der Waals surface area contributed by atoms with Crippen LogP contribution in [-0.4, -0.2) is 27.8 Å². The third kappa shape index (κ3) is 2.92. The molecule has 88 valence electrons. The van der Waals surface area contributed by atoms with E-state index in [9.17, 15) is 9.90 Å². The molecule has 1 unspecified atom stereocenters. The average molecular weight is 231 g/mol. The summed E-state index contributed by atoms with van der Waals surface area (Å²) in [5.41, 5.74) is 1.23. The molecular weight excluding hydrogens is 218 g/mol. The van der Waals surface area contributed by atoms with E-state index in [1.165, 1.54) is 12.4 Å². The Morgan fingerprint density at radius 1 is 1.41 bits per heavy atom. The first-order chi connectivity index (χ1) is 8.27. The van der Waals surface area contributed by atoms with E-state index in [4.69, 9.17) is 0 Å². The molecule has 5 heteroatoms. The van der Waals surface area contributed by atoms with Gasteiger partial charge in [0.2, 0.25) is 0 Å². The van der Waals surface area contributed by atoms with Gasteiger partial charge in [-0.25, -0.2) is 0 Å². The van der Waals surface area contributed by atoms with Crippen molar-refractivity contribution >= 4 is 5.91 Å². The molecule has 1 atom stereocenters. The summed E-state index contributed by atoms with van der Waals surface area (Å²) in [4.78, 5) is 11.6. The molecule has 1 amide bonds. The van der Waals surface area contributed by atoms with Crippen LogP contribution in [0.25, 0.3) is 0 Å². The first-order valence-corrected chi connectivity index (χ1v) is 5.27. The number of benzene rings is 1. The topological polar surface area (TPSA) is 78.0 Å². The third-order valence-electron chi connectivity index (χ3n) is 2.40. The van der Waals surface area contributed by atoms with Gasteiger partial charge in [0.15, 0.2) is 0 Å². The average Bonchev–Trinajstić information content (AvgIpc) is 2.90. The number of carbonyl (C=O) groups excluding carboxylic acids is 1. The molecule has 0 radical (unpaired) electrons. The summed E-state index contributed by atoms with van der Waals surface area (Å²) in [6.07, 6.45) is 2.24. The lowest BCUT2D eigenvalue weighted by molar-refractivity contribution is 0.0916. The van der Waals surface area contributed by atoms with Gasteiger partial charge in [-0.15, -0.1) is 0 Å². The lowest BCUT2D eigenvalue weighted by Crippen LogP contribution is -2.28. The molecule has 0 saturated heterocycles. The predicted octanol–water partition coefficient (Wildman–Crippen LogP) is 0.873. The zero-order chi connectivity index (χ0) is 12.1. The minimum atomic E-state index is -0.702. The first-order valence-electron chi connectivity index (χ1n) is 5.27. The van der Waals surface area contributed by atoms with E-state index in [2.05, 4.69) is 15.5 Å². The molecule has 2 rings (SSSR count). The summed E-state index contributed by atoms with van der Waals surface area (Å²) < 4.78 is 0. The lowest BCUT2D eigenvalue weighted by Gasteiger charge is -2.11. The van der Waals surface area contributed by atoms with E-state index in [1.807, 2.05) is 30.3 Å². The molecular formula is C12H13N3O2. The maximum absolute atomic E-state index is 11.6. The number of aliphatic hydroxyl groups excluding tert-OH is 1. The van der Waals surface area contributed by atoms with Gasteiger partial charge in [0, 0.05) is 12.7 Å². The minimum Gasteiger partial charge on any atom is -0.387 e. The standard InChI is InChI=1S/C12H13N3O2/c16-11(9-4-2-1-3-5-9)8-13-12(17)10-6-14-15-7-10/h1-7,11,16H,8H2,(H,13,17)(H,14,15). The van der Waals surface area contributed by atoms with Crippen molar-refractivity contribution in [3.05, 3.63) is 53.9 Å². The number of nitrogens with zero attached hydrogens (tertiary/aromatic N) is 1. The smallest absolute Gasteiger partial charge is 0.254 e. The van der Waals surface area contributed by atoms with Crippen LogP contribution in [0.2, 0.25) is 0 Å². The maximum atomic E-state index is 11.6. The highest BCUT2D eigenvalue weighted by atomic mass is 16.3. The Balaban J connectivity index is 1.89. The highest BCUT2D eigenvalue weighted by Gasteiger charge is 2.10. The second kappa shape index (κ2) is 5.27. The van der Waals surface area contributed by atoms with Crippen molar-refractivity contribution in [3.63, 3.8) is 0 Å². The summed E-state index contributed by atoms with van der Waals surface area (Å²) in [6.45, 7) is 0.175. The van der Waals surface area contributed by atoms with Crippen molar-refractivity contribution in [2.75, 3.05) is 6.54 Å². The fourth-order valence-corrected chi connectivity index (χ4v) is 1.46. The normalized spacial score (nSPS) is 12.1. The highest BCUT2D eigenvalue weighted by molar-refractivity contribution is 5.93. The van der Waals surface area contributed by atoms with E-state index >= 15 is 0 Å². The van der Waals surface area contributed by atoms with Crippen LogP contribution in [0.1, 0.15) is 22.0 Å². The van der Waals surface area contributed by atoms with Gasteiger partial charge in [-0.1, -0.05) is 30.3 Å². The van der Waals surface area contributed by atoms with E-state index in [0.29, 0.717) is 5.56 Å². The zero-order valence-corrected chi connectivity index (χ0v) is 9.13. The van der Waals surface area contributed by atoms with Crippen LogP contribution in [0, 0.1) is 0 Å². The Bertz CT molecular complexity index is 468. The van der Waals surface area contributed by atoms with Crippen LogP contribution in [0.15, 0.2) is 42.7 Å². The zero-order valence-electron chi connectivity index (χ0n) is 9.13. The number of H-pyrrole nitrogens is 1. The molecule has 0 aliphatic heterocycles. The number of aromatic amines is 1. The second-order valence-corrected chi connectivity index (χ2v) is 3.62. The Labute approximate surface area is 98.5 Å². The molecule has 0 saturated carbocycles. The Kier molecular flexibility index (Phi) is 3.52. The minimum absolute atomic E-state index is 0.175. The van der Waals surface area contributed by atoms with Crippen molar-refractivity contribution in [1.82, 2.24) is 15.5 Å². The molecule has 1 aromatic carbocycles. The monoisotopic (exact) mass is 231 g/mol. The molecule has 17 heavy (non-hydrogen) atoms. The molecule has 0 fully saturated rings. The Morgan fingerprint density at radius 3 is 2.82 bits per heavy atom. The SMILES string of the molecule is O=C(NCC(O)c1ccccc1)c1cn[nH]c1. The molecule has 3 N–H and O–H groups in total. The van der Waals surface area contributed by atoms with Crippen molar-refractivity contribution in [3.8, 4) is 0 Å². The first kappa shape index (κ1) is 11.3. The van der Waals surface area contributed by atoms with Gasteiger partial charge < -0.3 is 10.4 Å². The molecule has 0 aliphatic carbocycles. The van der Waals surface area contributed by atoms with Crippen molar-refractivity contribution in [2.45, 2.75) is 6.10 Å². The van der Waals surface area contributed by atoms with Gasteiger partial charge in [0.05, 0.1) is 17.9 Å². The number of aliphatic hydroxyl groups is 1. The largest absolute Gasteiger partial charge is 0.387 e. The van der Waals surface area contributed by atoms with Gasteiger partial charge >= 0.3 is 0 Å². The number of amides is 1. The number of carbonyl (C=O) groups is 1. The summed E-state index contributed by atoms with van der Waals surface area (Å²) in [6, 6.07) is 9.19. The quantitative estimate of drug-likeness (QED) is 0.730. The van der Waals surface area contributed by atoms with Gasteiger partial charge in [0.1, 0.15) is 0 Å². The Morgan fingerprint density at radius 2 is 2.18 bits per heavy atom. The van der Waals surface area contributed by atoms with E-state index in [1.54, 1.807) is 0 Å². The van der Waals surface area contributed by atoms with E-state index in [0.717, 1.165) is 5.56 Å². The van der Waals surface area contributed by atoms with Gasteiger partial charge in [0.25, 0.3) is 5.91 Å². The fourth-order valence-electron chi connectivity index (χ4n) is 1.46. The van der Waals surface area contributed by atoms with Crippen LogP contribution < -0.4 is 5.32 Å². The molecule has 0 spiro atoms. The van der Waals surface area contributed by atoms with Crippen molar-refractivity contribution in [2.24, 2.45) is 0 Å². The van der Waals surface area contributed by atoms with Crippen LogP contribution in [0.4, 0.5) is 0 Å². The van der Waals surface area contributed by atoms with Crippen molar-refractivity contribution in [1.29, 1.82) is 0 Å². The van der Waals surface area contributed by atoms with Crippen LogP contribution in [-0.2, 0) is 0 Å². The number of aromatic nitrogens is 2. The van der Waals surface area contributed by atoms with E-state index in [-0.39, 0.29) is 12.5 Å². The molecule has 0 bridgehead atoms. The predicted molar refractivity (Wildman–Crippen MR) is 62.3 cm³/mol. The number of hydrogen-bond acceptors (Lipinski definition) is 3. The molecule has 1 aromatic heterocycles. The summed E-state index contributed by atoms with van der Waals surface area (Å²) in [5, 5.41) is 18.7. The summed E-state index contributed by atoms with van der Waals surface area (Å²) >= 11 is 0. The van der Waals surface area contributed by atoms with E-state index < -0.39 is 6.10 Å². The molecule has 0 aliphatic rings. The van der Waals surface area contributed by atoms with Crippen LogP contribution in [0.3, 0.4) is 0 Å². The lowest BCUT2D eigenvalue weighted by atomic mass is 10.1. The van der Waals surface area contributed by atoms with Gasteiger partial charge in [-0.05, 0) is 5.56 Å². The fraction of sp³-hybridized carbons (Fsp3) is 0.167. The molecule has 1 heterocycles. The summed E-state index contributed by atoms with van der Waals surface area (Å²) in [7, 11) is 0. The number of nitrogens with one attached hydrogen (secondary N) is 2. The highest BCUT2D eigenvalue weighted by Crippen LogP contribution is 2.10.